The molecule has 0 spiro atoms. The number of halogens is 1. The van der Waals surface area contributed by atoms with E-state index in [0.717, 1.165) is 0 Å². The van der Waals surface area contributed by atoms with Crippen molar-refractivity contribution in [3.63, 3.8) is 0 Å². The Kier molecular flexibility index (Phi) is 3.26. The van der Waals surface area contributed by atoms with E-state index in [-0.39, 0.29) is 37.5 Å². The quantitative estimate of drug-likeness (QED) is 0.401. The Morgan fingerprint density at radius 2 is 2.11 bits per heavy atom. The molecule has 3 aliphatic heterocycles. The molecule has 0 radical (unpaired) electrons. The predicted octanol–water partition coefficient (Wildman–Crippen LogP) is 2.16. The first-order valence-electron chi connectivity index (χ1n) is 6.07. The van der Waals surface area contributed by atoms with Crippen molar-refractivity contribution in [3.8, 4) is 0 Å². The Labute approximate surface area is 126 Å². The standard InChI is InChI=1S/C11H17IO4S2/c1-11(2,3)10(12)15-7-5-4-6-9(17-5)8(7)16-18(6,13)14/h5-10H,4H2,1-3H3. The molecule has 0 aromatic heterocycles. The number of ether oxygens (including phenoxy) is 1. The van der Waals surface area contributed by atoms with Gasteiger partial charge in [-0.25, -0.2) is 0 Å². The molecule has 3 heterocycles. The summed E-state index contributed by atoms with van der Waals surface area (Å²) < 4.78 is 35.1. The van der Waals surface area contributed by atoms with Gasteiger partial charge >= 0.3 is 0 Å². The first-order valence-corrected chi connectivity index (χ1v) is 9.73. The maximum atomic E-state index is 11.8. The minimum Gasteiger partial charge on any atom is -0.360 e. The average molecular weight is 404 g/mol. The summed E-state index contributed by atoms with van der Waals surface area (Å²) in [5.41, 5.74) is 0.0456. The van der Waals surface area contributed by atoms with Crippen LogP contribution in [0.1, 0.15) is 27.2 Å². The van der Waals surface area contributed by atoms with Gasteiger partial charge in [0.15, 0.2) is 0 Å². The van der Waals surface area contributed by atoms with Gasteiger partial charge in [0.2, 0.25) is 0 Å². The van der Waals surface area contributed by atoms with E-state index >= 15 is 0 Å². The van der Waals surface area contributed by atoms with Crippen LogP contribution in [-0.4, -0.2) is 40.5 Å². The van der Waals surface area contributed by atoms with Crippen LogP contribution in [0.3, 0.4) is 0 Å². The molecule has 3 fully saturated rings. The average Bonchev–Trinajstić information content (AvgIpc) is 2.80. The lowest BCUT2D eigenvalue weighted by Crippen LogP contribution is -2.43. The van der Waals surface area contributed by atoms with Crippen LogP contribution in [0.2, 0.25) is 0 Å². The largest absolute Gasteiger partial charge is 0.360 e. The summed E-state index contributed by atoms with van der Waals surface area (Å²) in [5, 5.41) is 0.0788. The maximum Gasteiger partial charge on any atom is 0.271 e. The van der Waals surface area contributed by atoms with E-state index in [1.54, 1.807) is 11.8 Å². The van der Waals surface area contributed by atoms with E-state index in [1.165, 1.54) is 0 Å². The lowest BCUT2D eigenvalue weighted by atomic mass is 9.93. The third-order valence-electron chi connectivity index (χ3n) is 3.75. The van der Waals surface area contributed by atoms with Gasteiger partial charge < -0.3 is 4.74 Å². The molecule has 0 aromatic rings. The van der Waals surface area contributed by atoms with Gasteiger partial charge in [0.25, 0.3) is 10.1 Å². The van der Waals surface area contributed by atoms with Gasteiger partial charge in [-0.15, -0.1) is 11.8 Å². The Balaban J connectivity index is 1.78. The minimum absolute atomic E-state index is 0.0456. The van der Waals surface area contributed by atoms with Gasteiger partial charge in [0.1, 0.15) is 15.5 Å². The van der Waals surface area contributed by atoms with Crippen molar-refractivity contribution in [2.75, 3.05) is 0 Å². The van der Waals surface area contributed by atoms with Crippen molar-refractivity contribution in [2.24, 2.45) is 5.41 Å². The third-order valence-corrected chi connectivity index (χ3v) is 9.52. The van der Waals surface area contributed by atoms with Crippen molar-refractivity contribution in [3.05, 3.63) is 0 Å². The predicted molar refractivity (Wildman–Crippen MR) is 79.5 cm³/mol. The summed E-state index contributed by atoms with van der Waals surface area (Å²) >= 11 is 4.03. The van der Waals surface area contributed by atoms with Crippen LogP contribution in [0.15, 0.2) is 0 Å². The molecule has 6 unspecified atom stereocenters. The fourth-order valence-electron chi connectivity index (χ4n) is 2.73. The van der Waals surface area contributed by atoms with Gasteiger partial charge in [-0.2, -0.15) is 8.42 Å². The Bertz CT molecular complexity index is 458. The molecule has 0 amide bonds. The second-order valence-electron chi connectivity index (χ2n) is 6.25. The lowest BCUT2D eigenvalue weighted by Gasteiger charge is -2.32. The van der Waals surface area contributed by atoms with E-state index in [4.69, 9.17) is 8.92 Å². The molecule has 3 saturated heterocycles. The molecule has 104 valence electrons. The van der Waals surface area contributed by atoms with Crippen LogP contribution < -0.4 is 0 Å². The van der Waals surface area contributed by atoms with E-state index in [9.17, 15) is 8.42 Å². The topological polar surface area (TPSA) is 52.6 Å². The fraction of sp³-hybridized carbons (Fsp3) is 1.00. The van der Waals surface area contributed by atoms with E-state index in [1.807, 2.05) is 0 Å². The van der Waals surface area contributed by atoms with E-state index in [0.29, 0.717) is 6.42 Å². The second-order valence-corrected chi connectivity index (χ2v) is 10.6. The van der Waals surface area contributed by atoms with Crippen molar-refractivity contribution in [1.82, 2.24) is 0 Å². The number of rotatable bonds is 2. The van der Waals surface area contributed by atoms with Gasteiger partial charge in [-0.1, -0.05) is 43.4 Å². The SMILES string of the molecule is CC(C)(C)C(I)OC1C2CC3C(S2)C1OS3(=O)=O. The Morgan fingerprint density at radius 1 is 1.44 bits per heavy atom. The molecule has 7 heteroatoms. The first kappa shape index (κ1) is 13.9. The molecule has 0 aromatic carbocycles. The number of thioether (sulfide) groups is 1. The molecule has 0 saturated carbocycles. The highest BCUT2D eigenvalue weighted by Crippen LogP contribution is 2.56. The van der Waals surface area contributed by atoms with Crippen LogP contribution in [0.4, 0.5) is 0 Å². The maximum absolute atomic E-state index is 11.8. The normalized spacial score (nSPS) is 46.6. The van der Waals surface area contributed by atoms with Crippen LogP contribution >= 0.6 is 34.4 Å². The van der Waals surface area contributed by atoms with Crippen LogP contribution in [0.25, 0.3) is 0 Å². The molecule has 18 heavy (non-hydrogen) atoms. The highest BCUT2D eigenvalue weighted by atomic mass is 127. The van der Waals surface area contributed by atoms with Crippen molar-refractivity contribution >= 4 is 44.5 Å². The summed E-state index contributed by atoms with van der Waals surface area (Å²) in [6.07, 6.45) is 0.352. The van der Waals surface area contributed by atoms with Crippen LogP contribution in [0, 0.1) is 5.41 Å². The smallest absolute Gasteiger partial charge is 0.271 e. The Hall–Kier alpha value is 0.950. The van der Waals surface area contributed by atoms with Crippen molar-refractivity contribution in [2.45, 2.75) is 59.3 Å². The lowest BCUT2D eigenvalue weighted by molar-refractivity contribution is -0.0521. The molecule has 0 aliphatic carbocycles. The molecular formula is C11H17IO4S2. The Morgan fingerprint density at radius 3 is 2.72 bits per heavy atom. The molecule has 0 N–H and O–H groups in total. The monoisotopic (exact) mass is 404 g/mol. The molecule has 4 nitrogen and oxygen atoms in total. The summed E-state index contributed by atoms with van der Waals surface area (Å²) in [5.74, 6) is 0. The molecule has 3 aliphatic rings. The van der Waals surface area contributed by atoms with E-state index < -0.39 is 10.1 Å². The molecular weight excluding hydrogens is 387 g/mol. The highest BCUT2D eigenvalue weighted by Gasteiger charge is 2.65. The van der Waals surface area contributed by atoms with Crippen LogP contribution in [-0.2, 0) is 19.0 Å². The third kappa shape index (κ3) is 2.04. The van der Waals surface area contributed by atoms with Crippen LogP contribution in [0.5, 0.6) is 0 Å². The summed E-state index contributed by atoms with van der Waals surface area (Å²) in [6.45, 7) is 6.37. The zero-order valence-electron chi connectivity index (χ0n) is 10.5. The number of alkyl halides is 1. The van der Waals surface area contributed by atoms with Gasteiger partial charge in [0, 0.05) is 5.25 Å². The highest BCUT2D eigenvalue weighted by molar-refractivity contribution is 14.1. The molecule has 3 rings (SSSR count). The zero-order valence-corrected chi connectivity index (χ0v) is 14.3. The summed E-state index contributed by atoms with van der Waals surface area (Å²) in [4.78, 5) is 0. The van der Waals surface area contributed by atoms with E-state index in [2.05, 4.69) is 43.4 Å². The summed E-state index contributed by atoms with van der Waals surface area (Å²) in [6, 6.07) is 0. The summed E-state index contributed by atoms with van der Waals surface area (Å²) in [7, 11) is -3.34. The number of hydrogen-bond acceptors (Lipinski definition) is 5. The second kappa shape index (κ2) is 4.22. The van der Waals surface area contributed by atoms with Crippen molar-refractivity contribution in [1.29, 1.82) is 0 Å². The van der Waals surface area contributed by atoms with Gasteiger partial charge in [-0.3, -0.25) is 4.18 Å². The fourth-order valence-corrected chi connectivity index (χ4v) is 7.22. The van der Waals surface area contributed by atoms with Gasteiger partial charge in [0.05, 0.1) is 11.4 Å². The molecule has 2 bridgehead atoms. The molecule has 6 atom stereocenters. The first-order chi connectivity index (χ1) is 8.20. The van der Waals surface area contributed by atoms with Crippen molar-refractivity contribution < 1.29 is 17.3 Å². The van der Waals surface area contributed by atoms with Gasteiger partial charge in [-0.05, 0) is 11.8 Å². The number of fused-ring (bicyclic) bond motifs is 1. The zero-order chi connectivity index (χ0) is 13.3. The number of hydrogen-bond donors (Lipinski definition) is 0. The minimum atomic E-state index is -3.34.